The molecule has 1 aromatic heterocycles. The Labute approximate surface area is 224 Å². The molecule has 212 valence electrons. The van der Waals surface area contributed by atoms with Gasteiger partial charge in [-0.25, -0.2) is 9.67 Å². The van der Waals surface area contributed by atoms with Crippen molar-refractivity contribution in [2.45, 2.75) is 50.5 Å². The number of alkyl halides is 3. The topological polar surface area (TPSA) is 89.3 Å². The van der Waals surface area contributed by atoms with E-state index in [1.165, 1.54) is 35.3 Å². The van der Waals surface area contributed by atoms with Gasteiger partial charge in [-0.2, -0.15) is 5.06 Å². The summed E-state index contributed by atoms with van der Waals surface area (Å²) >= 11 is 0. The van der Waals surface area contributed by atoms with E-state index in [2.05, 4.69) is 14.8 Å². The maximum Gasteiger partial charge on any atom is 0.573 e. The van der Waals surface area contributed by atoms with Crippen LogP contribution in [0.1, 0.15) is 12.5 Å². The molecule has 39 heavy (non-hydrogen) atoms. The minimum absolute atomic E-state index is 0.262. The zero-order valence-corrected chi connectivity index (χ0v) is 22.2. The third-order valence-corrected chi connectivity index (χ3v) is 6.27. The SMILES string of the molecule is COC1C(C)O[C@@H](ON(C)Cc2ccc(-c3ncn(-c4ccc(OC(F)(F)F)cc4)n3)cc2)[C@H](OC)[C@@H]1OC. The summed E-state index contributed by atoms with van der Waals surface area (Å²) in [4.78, 5) is 10.4. The first-order chi connectivity index (χ1) is 18.6. The van der Waals surface area contributed by atoms with E-state index in [1.54, 1.807) is 33.4 Å². The van der Waals surface area contributed by atoms with Crippen LogP contribution in [0.3, 0.4) is 0 Å². The second kappa shape index (κ2) is 12.4. The van der Waals surface area contributed by atoms with E-state index in [0.29, 0.717) is 18.1 Å². The van der Waals surface area contributed by atoms with Crippen molar-refractivity contribution in [3.63, 3.8) is 0 Å². The number of hydroxylamine groups is 2. The normalized spacial score (nSPS) is 23.8. The van der Waals surface area contributed by atoms with Gasteiger partial charge in [0.05, 0.1) is 11.8 Å². The predicted molar refractivity (Wildman–Crippen MR) is 133 cm³/mol. The van der Waals surface area contributed by atoms with Crippen LogP contribution in [-0.4, -0.2) is 85.3 Å². The second-order valence-corrected chi connectivity index (χ2v) is 8.95. The lowest BCUT2D eigenvalue weighted by molar-refractivity contribution is -0.361. The maximum absolute atomic E-state index is 12.4. The Morgan fingerprint density at radius 2 is 1.56 bits per heavy atom. The van der Waals surface area contributed by atoms with Crippen molar-refractivity contribution in [3.05, 3.63) is 60.4 Å². The molecular formula is C26H31F3N4O6. The minimum atomic E-state index is -4.75. The fourth-order valence-electron chi connectivity index (χ4n) is 4.45. The zero-order chi connectivity index (χ0) is 28.2. The molecule has 0 N–H and O–H groups in total. The van der Waals surface area contributed by atoms with E-state index in [4.69, 9.17) is 23.8 Å². The molecule has 1 fully saturated rings. The Bertz CT molecular complexity index is 1190. The third-order valence-electron chi connectivity index (χ3n) is 6.27. The standard InChI is InChI=1S/C26H31F3N4O6/c1-16-21(34-3)22(35-4)23(36-5)25(37-16)39-32(2)14-17-6-8-18(9-7-17)24-30-15-33(31-24)19-10-12-20(13-11-19)38-26(27,28)29/h6-13,15-16,21-23,25H,14H2,1-5H3/t16?,21?,22-,23-,25+/m1/s1. The van der Waals surface area contributed by atoms with Gasteiger partial charge in [-0.15, -0.1) is 18.3 Å². The van der Waals surface area contributed by atoms with E-state index in [1.807, 2.05) is 31.2 Å². The van der Waals surface area contributed by atoms with E-state index < -0.39 is 18.8 Å². The lowest BCUT2D eigenvalue weighted by Gasteiger charge is -2.44. The van der Waals surface area contributed by atoms with Gasteiger partial charge in [0.1, 0.15) is 30.4 Å². The number of methoxy groups -OCH3 is 3. The van der Waals surface area contributed by atoms with Gasteiger partial charge >= 0.3 is 6.36 Å². The molecular weight excluding hydrogens is 521 g/mol. The Hall–Kier alpha value is -3.07. The summed E-state index contributed by atoms with van der Waals surface area (Å²) < 4.78 is 65.3. The average Bonchev–Trinajstić information content (AvgIpc) is 3.38. The van der Waals surface area contributed by atoms with Gasteiger partial charge < -0.3 is 23.7 Å². The Morgan fingerprint density at radius 3 is 2.15 bits per heavy atom. The van der Waals surface area contributed by atoms with Crippen molar-refractivity contribution < 1.29 is 41.7 Å². The highest BCUT2D eigenvalue weighted by Gasteiger charge is 2.46. The van der Waals surface area contributed by atoms with Crippen LogP contribution in [0.5, 0.6) is 5.75 Å². The van der Waals surface area contributed by atoms with Gasteiger partial charge in [0.25, 0.3) is 0 Å². The third kappa shape index (κ3) is 7.12. The molecule has 2 unspecified atom stereocenters. The van der Waals surface area contributed by atoms with Crippen LogP contribution < -0.4 is 4.74 Å². The van der Waals surface area contributed by atoms with E-state index in [0.717, 1.165) is 11.1 Å². The molecule has 0 aliphatic carbocycles. The second-order valence-electron chi connectivity index (χ2n) is 8.95. The molecule has 1 aliphatic rings. The molecule has 5 atom stereocenters. The summed E-state index contributed by atoms with van der Waals surface area (Å²) in [5, 5.41) is 6.09. The highest BCUT2D eigenvalue weighted by atomic mass is 19.4. The monoisotopic (exact) mass is 552 g/mol. The molecule has 4 rings (SSSR count). The molecule has 2 heterocycles. The lowest BCUT2D eigenvalue weighted by Crippen LogP contribution is -2.60. The highest BCUT2D eigenvalue weighted by Crippen LogP contribution is 2.28. The first kappa shape index (κ1) is 28.9. The summed E-state index contributed by atoms with van der Waals surface area (Å²) in [5.41, 5.74) is 2.28. The van der Waals surface area contributed by atoms with Gasteiger partial charge in [-0.3, -0.25) is 4.84 Å². The molecule has 0 radical (unpaired) electrons. The first-order valence-corrected chi connectivity index (χ1v) is 12.1. The molecule has 13 heteroatoms. The summed E-state index contributed by atoms with van der Waals surface area (Å²) in [6.07, 6.45) is -5.35. The van der Waals surface area contributed by atoms with Crippen molar-refractivity contribution in [3.8, 4) is 22.8 Å². The van der Waals surface area contributed by atoms with Crippen molar-refractivity contribution in [2.24, 2.45) is 0 Å². The molecule has 1 aliphatic heterocycles. The molecule has 1 saturated heterocycles. The molecule has 2 aromatic carbocycles. The summed E-state index contributed by atoms with van der Waals surface area (Å²) in [7, 11) is 6.58. The van der Waals surface area contributed by atoms with Crippen LogP contribution in [0.25, 0.3) is 17.1 Å². The Kier molecular flexibility index (Phi) is 9.20. The fraction of sp³-hybridized carbons (Fsp3) is 0.462. The minimum Gasteiger partial charge on any atom is -0.406 e. The quantitative estimate of drug-likeness (QED) is 0.347. The molecule has 0 bridgehead atoms. The number of hydrogen-bond acceptors (Lipinski definition) is 9. The van der Waals surface area contributed by atoms with E-state index in [9.17, 15) is 13.2 Å². The van der Waals surface area contributed by atoms with Gasteiger partial charge in [0, 0.05) is 40.5 Å². The summed E-state index contributed by atoms with van der Waals surface area (Å²) in [6, 6.07) is 13.0. The number of hydrogen-bond donors (Lipinski definition) is 0. The van der Waals surface area contributed by atoms with Crippen LogP contribution in [0.15, 0.2) is 54.9 Å². The van der Waals surface area contributed by atoms with Crippen molar-refractivity contribution in [1.82, 2.24) is 19.8 Å². The number of ether oxygens (including phenoxy) is 5. The Morgan fingerprint density at radius 1 is 0.923 bits per heavy atom. The van der Waals surface area contributed by atoms with Crippen LogP contribution in [0.2, 0.25) is 0 Å². The summed E-state index contributed by atoms with van der Waals surface area (Å²) in [6.45, 7) is 2.36. The number of aromatic nitrogens is 3. The zero-order valence-electron chi connectivity index (χ0n) is 22.2. The number of nitrogens with zero attached hydrogens (tertiary/aromatic N) is 4. The summed E-state index contributed by atoms with van der Waals surface area (Å²) in [5.74, 6) is 0.156. The van der Waals surface area contributed by atoms with E-state index in [-0.39, 0.29) is 24.1 Å². The molecule has 3 aromatic rings. The predicted octanol–water partition coefficient (Wildman–Crippen LogP) is 3.99. The van der Waals surface area contributed by atoms with Crippen molar-refractivity contribution >= 4 is 0 Å². The van der Waals surface area contributed by atoms with Crippen LogP contribution in [-0.2, 0) is 30.3 Å². The number of benzene rings is 2. The number of halogens is 3. The first-order valence-electron chi connectivity index (χ1n) is 12.1. The largest absolute Gasteiger partial charge is 0.573 e. The average molecular weight is 553 g/mol. The van der Waals surface area contributed by atoms with Gasteiger partial charge in [-0.05, 0) is 36.8 Å². The maximum atomic E-state index is 12.4. The lowest BCUT2D eigenvalue weighted by atomic mass is 9.99. The van der Waals surface area contributed by atoms with Crippen molar-refractivity contribution in [2.75, 3.05) is 28.4 Å². The number of rotatable bonds is 10. The highest BCUT2D eigenvalue weighted by molar-refractivity contribution is 5.55. The van der Waals surface area contributed by atoms with Gasteiger partial charge in [0.2, 0.25) is 6.29 Å². The molecule has 0 saturated carbocycles. The van der Waals surface area contributed by atoms with Crippen molar-refractivity contribution in [1.29, 1.82) is 0 Å². The van der Waals surface area contributed by atoms with Gasteiger partial charge in [0.15, 0.2) is 5.82 Å². The van der Waals surface area contributed by atoms with E-state index >= 15 is 0 Å². The molecule has 0 spiro atoms. The molecule has 0 amide bonds. The van der Waals surface area contributed by atoms with Gasteiger partial charge in [-0.1, -0.05) is 24.3 Å². The molecule has 10 nitrogen and oxygen atoms in total. The fourth-order valence-corrected chi connectivity index (χ4v) is 4.45. The van der Waals surface area contributed by atoms with Crippen LogP contribution in [0, 0.1) is 0 Å². The Balaban J connectivity index is 1.37. The van der Waals surface area contributed by atoms with Crippen LogP contribution >= 0.6 is 0 Å². The van der Waals surface area contributed by atoms with Crippen LogP contribution in [0.4, 0.5) is 13.2 Å². The smallest absolute Gasteiger partial charge is 0.406 e.